The highest BCUT2D eigenvalue weighted by molar-refractivity contribution is 5.13. The first-order valence-electron chi connectivity index (χ1n) is 7.24. The minimum Gasteiger partial charge on any atom is -0.382 e. The fourth-order valence-corrected chi connectivity index (χ4v) is 2.68. The average Bonchev–Trinajstić information content (AvgIpc) is 2.54. The number of aliphatic hydroxyl groups excluding tert-OH is 1. The molecule has 0 amide bonds. The zero-order chi connectivity index (χ0) is 15.9. The van der Waals surface area contributed by atoms with Gasteiger partial charge in [-0.05, 0) is 5.56 Å². The zero-order valence-corrected chi connectivity index (χ0v) is 13.2. The van der Waals surface area contributed by atoms with Gasteiger partial charge in [0.05, 0.1) is 13.2 Å². The monoisotopic (exact) mass is 312 g/mol. The first-order chi connectivity index (χ1) is 10.7. The van der Waals surface area contributed by atoms with E-state index in [1.54, 1.807) is 14.2 Å². The molecule has 0 unspecified atom stereocenters. The zero-order valence-electron chi connectivity index (χ0n) is 13.2. The minimum absolute atomic E-state index is 0.298. The van der Waals surface area contributed by atoms with Crippen LogP contribution in [0.4, 0.5) is 0 Å². The number of hydrogen-bond acceptors (Lipinski definition) is 6. The molecule has 1 aromatic carbocycles. The molecule has 6 heteroatoms. The van der Waals surface area contributed by atoms with Crippen LogP contribution < -0.4 is 0 Å². The van der Waals surface area contributed by atoms with Gasteiger partial charge in [0.25, 0.3) is 0 Å². The Bertz CT molecular complexity index is 426. The van der Waals surface area contributed by atoms with Crippen LogP contribution in [0.2, 0.25) is 0 Å². The predicted octanol–water partition coefficient (Wildman–Crippen LogP) is 0.965. The highest BCUT2D eigenvalue weighted by Crippen LogP contribution is 2.27. The first-order valence-corrected chi connectivity index (χ1v) is 7.24. The third-order valence-corrected chi connectivity index (χ3v) is 3.77. The largest absolute Gasteiger partial charge is 0.382 e. The number of aliphatic hydroxyl groups is 1. The lowest BCUT2D eigenvalue weighted by Crippen LogP contribution is -2.60. The van der Waals surface area contributed by atoms with Gasteiger partial charge in [-0.25, -0.2) is 0 Å². The summed E-state index contributed by atoms with van der Waals surface area (Å²) in [6.07, 6.45) is -2.97. The normalized spacial score (nSPS) is 32.1. The molecule has 1 fully saturated rings. The van der Waals surface area contributed by atoms with E-state index in [4.69, 9.17) is 23.7 Å². The van der Waals surface area contributed by atoms with E-state index in [9.17, 15) is 5.11 Å². The molecule has 0 aliphatic carbocycles. The Morgan fingerprint density at radius 1 is 1.00 bits per heavy atom. The average molecular weight is 312 g/mol. The molecule has 2 rings (SSSR count). The molecule has 1 aliphatic heterocycles. The second-order valence-corrected chi connectivity index (χ2v) is 5.18. The summed E-state index contributed by atoms with van der Waals surface area (Å²) in [7, 11) is 4.65. The van der Waals surface area contributed by atoms with Crippen molar-refractivity contribution in [2.24, 2.45) is 0 Å². The molecule has 22 heavy (non-hydrogen) atoms. The lowest BCUT2D eigenvalue weighted by Gasteiger charge is -2.43. The van der Waals surface area contributed by atoms with Crippen molar-refractivity contribution < 1.29 is 28.8 Å². The molecule has 0 spiro atoms. The lowest BCUT2D eigenvalue weighted by atomic mass is 9.98. The van der Waals surface area contributed by atoms with Crippen molar-refractivity contribution in [1.82, 2.24) is 0 Å². The van der Waals surface area contributed by atoms with Gasteiger partial charge in [-0.2, -0.15) is 0 Å². The van der Waals surface area contributed by atoms with Crippen molar-refractivity contribution in [3.63, 3.8) is 0 Å². The van der Waals surface area contributed by atoms with Gasteiger partial charge >= 0.3 is 0 Å². The maximum absolute atomic E-state index is 10.0. The smallest absolute Gasteiger partial charge is 0.184 e. The second-order valence-electron chi connectivity index (χ2n) is 5.18. The molecule has 6 nitrogen and oxygen atoms in total. The Morgan fingerprint density at radius 3 is 2.27 bits per heavy atom. The van der Waals surface area contributed by atoms with Crippen molar-refractivity contribution in [3.05, 3.63) is 35.9 Å². The van der Waals surface area contributed by atoms with Gasteiger partial charge in [-0.15, -0.1) is 0 Å². The van der Waals surface area contributed by atoms with E-state index in [-0.39, 0.29) is 0 Å². The van der Waals surface area contributed by atoms with Crippen molar-refractivity contribution in [2.45, 2.75) is 37.3 Å². The third kappa shape index (κ3) is 4.04. The van der Waals surface area contributed by atoms with Gasteiger partial charge < -0.3 is 28.8 Å². The molecule has 124 valence electrons. The fraction of sp³-hybridized carbons (Fsp3) is 0.625. The summed E-state index contributed by atoms with van der Waals surface area (Å²) in [6.45, 7) is 0.717. The number of methoxy groups -OCH3 is 3. The van der Waals surface area contributed by atoms with E-state index in [0.29, 0.717) is 13.2 Å². The summed E-state index contributed by atoms with van der Waals surface area (Å²) in [4.78, 5) is 0. The van der Waals surface area contributed by atoms with Crippen molar-refractivity contribution in [2.75, 3.05) is 27.9 Å². The van der Waals surface area contributed by atoms with Crippen molar-refractivity contribution in [1.29, 1.82) is 0 Å². The van der Waals surface area contributed by atoms with Crippen molar-refractivity contribution in [3.8, 4) is 0 Å². The number of hydrogen-bond donors (Lipinski definition) is 1. The molecule has 1 heterocycles. The van der Waals surface area contributed by atoms with Gasteiger partial charge in [0.2, 0.25) is 0 Å². The molecule has 0 saturated carbocycles. The quantitative estimate of drug-likeness (QED) is 0.809. The topological polar surface area (TPSA) is 66.4 Å². The number of ether oxygens (including phenoxy) is 5. The van der Waals surface area contributed by atoms with Crippen LogP contribution in [-0.2, 0) is 30.3 Å². The molecule has 0 bridgehead atoms. The van der Waals surface area contributed by atoms with Crippen LogP contribution in [-0.4, -0.2) is 63.7 Å². The standard InChI is InChI=1S/C16H24O6/c1-18-10-12-13(21-9-11-7-5-4-6-8-11)14(19-2)15(20-3)16(17)22-12/h4-8,12-17H,9-10H2,1-3H3/t12-,13+,14+,15-,16+/m1/s1. The van der Waals surface area contributed by atoms with Gasteiger partial charge in [0.15, 0.2) is 6.29 Å². The molecule has 0 aromatic heterocycles. The fourth-order valence-electron chi connectivity index (χ4n) is 2.68. The van der Waals surface area contributed by atoms with Crippen LogP contribution in [0.25, 0.3) is 0 Å². The van der Waals surface area contributed by atoms with Gasteiger partial charge in [0, 0.05) is 21.3 Å². The molecule has 1 aromatic rings. The highest BCUT2D eigenvalue weighted by Gasteiger charge is 2.46. The van der Waals surface area contributed by atoms with E-state index < -0.39 is 30.7 Å². The Balaban J connectivity index is 2.10. The number of rotatable bonds is 7. The van der Waals surface area contributed by atoms with Crippen LogP contribution in [0.3, 0.4) is 0 Å². The summed E-state index contributed by atoms with van der Waals surface area (Å²) in [6, 6.07) is 9.84. The van der Waals surface area contributed by atoms with E-state index in [2.05, 4.69) is 0 Å². The van der Waals surface area contributed by atoms with E-state index >= 15 is 0 Å². The summed E-state index contributed by atoms with van der Waals surface area (Å²) in [5.74, 6) is 0. The molecule has 0 radical (unpaired) electrons. The summed E-state index contributed by atoms with van der Waals surface area (Å²) >= 11 is 0. The highest BCUT2D eigenvalue weighted by atomic mass is 16.7. The van der Waals surface area contributed by atoms with Gasteiger partial charge in [-0.3, -0.25) is 0 Å². The van der Waals surface area contributed by atoms with E-state index in [1.165, 1.54) is 7.11 Å². The van der Waals surface area contributed by atoms with Gasteiger partial charge in [-0.1, -0.05) is 30.3 Å². The maximum Gasteiger partial charge on any atom is 0.184 e. The van der Waals surface area contributed by atoms with Gasteiger partial charge in [0.1, 0.15) is 24.4 Å². The lowest BCUT2D eigenvalue weighted by molar-refractivity contribution is -0.305. The maximum atomic E-state index is 10.0. The summed E-state index contributed by atoms with van der Waals surface area (Å²) in [5, 5.41) is 10.0. The van der Waals surface area contributed by atoms with Crippen LogP contribution >= 0.6 is 0 Å². The third-order valence-electron chi connectivity index (χ3n) is 3.77. The molecule has 1 aliphatic rings. The molecular formula is C16H24O6. The number of benzene rings is 1. The Morgan fingerprint density at radius 2 is 1.68 bits per heavy atom. The van der Waals surface area contributed by atoms with Crippen LogP contribution in [0.15, 0.2) is 30.3 Å². The molecule has 1 N–H and O–H groups in total. The Labute approximate surface area is 130 Å². The molecular weight excluding hydrogens is 288 g/mol. The predicted molar refractivity (Wildman–Crippen MR) is 79.4 cm³/mol. The Hall–Kier alpha value is -1.02. The SMILES string of the molecule is COC[C@H]1O[C@H](O)[C@H](OC)[C@@H](OC)[C@H]1OCc1ccccc1. The molecule has 5 atom stereocenters. The molecule has 1 saturated heterocycles. The first kappa shape index (κ1) is 17.3. The van der Waals surface area contributed by atoms with Crippen molar-refractivity contribution >= 4 is 0 Å². The summed E-state index contributed by atoms with van der Waals surface area (Å²) in [5.41, 5.74) is 1.05. The van der Waals surface area contributed by atoms with E-state index in [1.807, 2.05) is 30.3 Å². The van der Waals surface area contributed by atoms with Crippen LogP contribution in [0.1, 0.15) is 5.56 Å². The van der Waals surface area contributed by atoms with E-state index in [0.717, 1.165) is 5.56 Å². The minimum atomic E-state index is -1.08. The summed E-state index contributed by atoms with van der Waals surface area (Å²) < 4.78 is 27.5. The Kier molecular flexibility index (Phi) is 6.75. The second kappa shape index (κ2) is 8.57. The van der Waals surface area contributed by atoms with Crippen LogP contribution in [0, 0.1) is 0 Å². The van der Waals surface area contributed by atoms with Crippen LogP contribution in [0.5, 0.6) is 0 Å².